The van der Waals surface area contributed by atoms with Gasteiger partial charge in [0.1, 0.15) is 5.54 Å². The quantitative estimate of drug-likeness (QED) is 0.835. The summed E-state index contributed by atoms with van der Waals surface area (Å²) in [5.41, 5.74) is 3.61. The van der Waals surface area contributed by atoms with Crippen molar-refractivity contribution in [1.29, 1.82) is 0 Å². The minimum absolute atomic E-state index is 0.159. The Bertz CT molecular complexity index is 687. The summed E-state index contributed by atoms with van der Waals surface area (Å²) in [6.45, 7) is 4.69. The Kier molecular flexibility index (Phi) is 3.83. The van der Waals surface area contributed by atoms with E-state index in [2.05, 4.69) is 33.7 Å². The van der Waals surface area contributed by atoms with E-state index in [1.807, 2.05) is 6.92 Å². The van der Waals surface area contributed by atoms with Crippen LogP contribution in [0.4, 0.5) is 4.79 Å². The van der Waals surface area contributed by atoms with Crippen molar-refractivity contribution in [2.24, 2.45) is 5.92 Å². The number of carbonyl (C=O) groups is 2. The molecule has 2 heterocycles. The molecule has 2 fully saturated rings. The molecule has 0 radical (unpaired) electrons. The molecule has 0 bridgehead atoms. The highest BCUT2D eigenvalue weighted by molar-refractivity contribution is 6.07. The monoisotopic (exact) mass is 327 g/mol. The maximum absolute atomic E-state index is 12.2. The van der Waals surface area contributed by atoms with Gasteiger partial charge in [0.25, 0.3) is 5.91 Å². The number of rotatable bonds is 3. The Morgan fingerprint density at radius 1 is 1.21 bits per heavy atom. The molecule has 5 heteroatoms. The molecule has 2 N–H and O–H groups in total. The van der Waals surface area contributed by atoms with Gasteiger partial charge < -0.3 is 5.32 Å². The number of hydrogen-bond donors (Lipinski definition) is 2. The summed E-state index contributed by atoms with van der Waals surface area (Å²) in [5, 5.41) is 5.23. The van der Waals surface area contributed by atoms with Crippen molar-refractivity contribution in [1.82, 2.24) is 15.5 Å². The van der Waals surface area contributed by atoms with Gasteiger partial charge in [-0.3, -0.25) is 15.0 Å². The van der Waals surface area contributed by atoms with Gasteiger partial charge in [-0.2, -0.15) is 0 Å². The van der Waals surface area contributed by atoms with Crippen molar-refractivity contribution < 1.29 is 9.59 Å². The number of benzene rings is 1. The number of aryl methyl sites for hydroxylation is 2. The van der Waals surface area contributed by atoms with Crippen molar-refractivity contribution in [3.63, 3.8) is 0 Å². The van der Waals surface area contributed by atoms with Gasteiger partial charge in [0.15, 0.2) is 0 Å². The molecule has 3 aliphatic rings. The van der Waals surface area contributed by atoms with E-state index in [0.29, 0.717) is 0 Å². The van der Waals surface area contributed by atoms with Crippen molar-refractivity contribution >= 4 is 11.9 Å². The molecule has 1 aliphatic carbocycles. The van der Waals surface area contributed by atoms with Gasteiger partial charge in [0.05, 0.1) is 0 Å². The van der Waals surface area contributed by atoms with Crippen LogP contribution in [0.1, 0.15) is 42.9 Å². The average molecular weight is 327 g/mol. The molecule has 128 valence electrons. The first kappa shape index (κ1) is 15.6. The Morgan fingerprint density at radius 3 is 2.83 bits per heavy atom. The molecule has 1 aromatic carbocycles. The lowest BCUT2D eigenvalue weighted by Crippen LogP contribution is -2.55. The van der Waals surface area contributed by atoms with Crippen LogP contribution in [-0.4, -0.2) is 35.5 Å². The van der Waals surface area contributed by atoms with Crippen LogP contribution in [0.5, 0.6) is 0 Å². The minimum Gasteiger partial charge on any atom is -0.323 e. The molecule has 3 amide bonds. The molecule has 4 rings (SSSR count). The van der Waals surface area contributed by atoms with Gasteiger partial charge in [0, 0.05) is 19.0 Å². The third-order valence-electron chi connectivity index (χ3n) is 5.96. The number of urea groups is 1. The topological polar surface area (TPSA) is 61.4 Å². The van der Waals surface area contributed by atoms with Crippen molar-refractivity contribution in [3.05, 3.63) is 34.9 Å². The predicted molar refractivity (Wildman–Crippen MR) is 91.5 cm³/mol. The highest BCUT2D eigenvalue weighted by Crippen LogP contribution is 2.31. The third-order valence-corrected chi connectivity index (χ3v) is 5.96. The third kappa shape index (κ3) is 2.71. The number of carbonyl (C=O) groups excluding carboxylic acids is 2. The predicted octanol–water partition coefficient (Wildman–Crippen LogP) is 1.99. The number of amides is 3. The highest BCUT2D eigenvalue weighted by atomic mass is 16.2. The maximum atomic E-state index is 12.2. The summed E-state index contributed by atoms with van der Waals surface area (Å²) in [6, 6.07) is 6.53. The van der Waals surface area contributed by atoms with Crippen LogP contribution in [0.25, 0.3) is 0 Å². The lowest BCUT2D eigenvalue weighted by Gasteiger charge is -2.39. The fraction of sp³-hybridized carbons (Fsp3) is 0.579. The first-order valence-corrected chi connectivity index (χ1v) is 9.01. The van der Waals surface area contributed by atoms with Crippen molar-refractivity contribution in [2.45, 2.75) is 51.1 Å². The van der Waals surface area contributed by atoms with Crippen LogP contribution in [0, 0.1) is 5.92 Å². The van der Waals surface area contributed by atoms with E-state index in [4.69, 9.17) is 0 Å². The van der Waals surface area contributed by atoms with Gasteiger partial charge in [-0.15, -0.1) is 0 Å². The van der Waals surface area contributed by atoms with Crippen LogP contribution in [0.2, 0.25) is 0 Å². The van der Waals surface area contributed by atoms with Gasteiger partial charge in [-0.05, 0) is 62.3 Å². The first-order valence-electron chi connectivity index (χ1n) is 9.01. The van der Waals surface area contributed by atoms with E-state index in [9.17, 15) is 9.59 Å². The largest absolute Gasteiger partial charge is 0.323 e. The van der Waals surface area contributed by atoms with Crippen LogP contribution < -0.4 is 10.6 Å². The maximum Gasteiger partial charge on any atom is 0.322 e. The minimum atomic E-state index is -0.770. The Balaban J connectivity index is 1.45. The second kappa shape index (κ2) is 5.88. The van der Waals surface area contributed by atoms with Crippen LogP contribution >= 0.6 is 0 Å². The van der Waals surface area contributed by atoms with E-state index in [-0.39, 0.29) is 17.9 Å². The molecule has 2 saturated heterocycles. The standard InChI is InChI=1S/C19H25N3O2/c1-19(17(23)20-18(24)21-19)16-6-3-9-22(12-16)11-13-7-8-14-4-2-5-15(14)10-13/h7-8,10,16H,2-6,9,11-12H2,1H3,(H2,20,21,23,24)/t16-,19-/m1/s1. The fourth-order valence-electron chi connectivity index (χ4n) is 4.50. The highest BCUT2D eigenvalue weighted by Gasteiger charge is 2.48. The number of fused-ring (bicyclic) bond motifs is 1. The molecular formula is C19H25N3O2. The molecule has 24 heavy (non-hydrogen) atoms. The molecule has 2 atom stereocenters. The molecule has 0 spiro atoms. The summed E-state index contributed by atoms with van der Waals surface area (Å²) in [4.78, 5) is 26.1. The normalized spacial score (nSPS) is 30.1. The van der Waals surface area contributed by atoms with E-state index >= 15 is 0 Å². The van der Waals surface area contributed by atoms with Crippen LogP contribution in [0.15, 0.2) is 18.2 Å². The van der Waals surface area contributed by atoms with Gasteiger partial charge in [0.2, 0.25) is 0 Å². The SMILES string of the molecule is C[C@]1([C@@H]2CCCN(Cc3ccc4c(c3)CCC4)C2)NC(=O)NC1=O. The zero-order valence-electron chi connectivity index (χ0n) is 14.2. The van der Waals surface area contributed by atoms with E-state index in [1.165, 1.54) is 36.0 Å². The summed E-state index contributed by atoms with van der Waals surface area (Å²) >= 11 is 0. The molecule has 0 aromatic heterocycles. The fourth-order valence-corrected chi connectivity index (χ4v) is 4.50. The summed E-state index contributed by atoms with van der Waals surface area (Å²) in [7, 11) is 0. The van der Waals surface area contributed by atoms with Crippen LogP contribution in [-0.2, 0) is 24.2 Å². The Morgan fingerprint density at radius 2 is 2.04 bits per heavy atom. The molecule has 0 unspecified atom stereocenters. The molecule has 2 aliphatic heterocycles. The number of piperidine rings is 1. The smallest absolute Gasteiger partial charge is 0.322 e. The Labute approximate surface area is 142 Å². The number of likely N-dealkylation sites (tertiary alicyclic amines) is 1. The van der Waals surface area contributed by atoms with E-state index in [1.54, 1.807) is 0 Å². The second-order valence-electron chi connectivity index (χ2n) is 7.64. The van der Waals surface area contributed by atoms with Crippen molar-refractivity contribution in [2.75, 3.05) is 13.1 Å². The van der Waals surface area contributed by atoms with Crippen LogP contribution in [0.3, 0.4) is 0 Å². The van der Waals surface area contributed by atoms with Crippen molar-refractivity contribution in [3.8, 4) is 0 Å². The summed E-state index contributed by atoms with van der Waals surface area (Å²) in [6.07, 6.45) is 5.74. The molecule has 0 saturated carbocycles. The molecular weight excluding hydrogens is 302 g/mol. The Hall–Kier alpha value is -1.88. The number of nitrogens with one attached hydrogen (secondary N) is 2. The zero-order chi connectivity index (χ0) is 16.7. The molecule has 5 nitrogen and oxygen atoms in total. The van der Waals surface area contributed by atoms with E-state index in [0.717, 1.165) is 32.5 Å². The zero-order valence-corrected chi connectivity index (χ0v) is 14.2. The second-order valence-corrected chi connectivity index (χ2v) is 7.64. The average Bonchev–Trinajstić information content (AvgIpc) is 3.12. The lowest BCUT2D eigenvalue weighted by molar-refractivity contribution is -0.126. The number of imide groups is 1. The summed E-state index contributed by atoms with van der Waals surface area (Å²) in [5.74, 6) is -0.0241. The number of hydrogen-bond acceptors (Lipinski definition) is 3. The van der Waals surface area contributed by atoms with Gasteiger partial charge in [-0.1, -0.05) is 18.2 Å². The van der Waals surface area contributed by atoms with Gasteiger partial charge >= 0.3 is 6.03 Å². The lowest BCUT2D eigenvalue weighted by atomic mass is 9.80. The first-order chi connectivity index (χ1) is 11.5. The number of nitrogens with zero attached hydrogens (tertiary/aromatic N) is 1. The van der Waals surface area contributed by atoms with Gasteiger partial charge in [-0.25, -0.2) is 4.79 Å². The molecule has 1 aromatic rings. The summed E-state index contributed by atoms with van der Waals surface area (Å²) < 4.78 is 0. The van der Waals surface area contributed by atoms with E-state index < -0.39 is 5.54 Å².